The molecule has 5 heteroatoms. The average molecular weight is 346 g/mol. The molecule has 0 bridgehead atoms. The Morgan fingerprint density at radius 2 is 2.21 bits per heavy atom. The summed E-state index contributed by atoms with van der Waals surface area (Å²) in [6.07, 6.45) is 1.05. The first-order valence-electron chi connectivity index (χ1n) is 8.06. The zero-order chi connectivity index (χ0) is 17.1. The number of carbonyl (C=O) groups is 1. The Balaban J connectivity index is 1.77. The number of nitrogens with one attached hydrogen (secondary N) is 1. The van der Waals surface area contributed by atoms with Gasteiger partial charge in [0.2, 0.25) is 0 Å². The molecule has 0 aliphatic carbocycles. The summed E-state index contributed by atoms with van der Waals surface area (Å²) in [5, 5.41) is 3.45. The lowest BCUT2D eigenvalue weighted by atomic mass is 10.1. The number of halogens is 1. The minimum absolute atomic E-state index is 0.172. The maximum Gasteiger partial charge on any atom is 0.251 e. The highest BCUT2D eigenvalue weighted by Crippen LogP contribution is 2.35. The molecule has 126 valence electrons. The molecule has 24 heavy (non-hydrogen) atoms. The second-order valence-electron chi connectivity index (χ2n) is 5.83. The number of carbonyl (C=O) groups excluding carboxylic acids is 1. The summed E-state index contributed by atoms with van der Waals surface area (Å²) in [6, 6.07) is 10.9. The van der Waals surface area contributed by atoms with E-state index in [2.05, 4.69) is 5.32 Å². The van der Waals surface area contributed by atoms with Gasteiger partial charge >= 0.3 is 0 Å². The number of amides is 1. The highest BCUT2D eigenvalue weighted by atomic mass is 35.5. The molecular formula is C19H20ClNO3. The van der Waals surface area contributed by atoms with Crippen molar-refractivity contribution in [3.8, 4) is 11.5 Å². The highest BCUT2D eigenvalue weighted by Gasteiger charge is 2.22. The van der Waals surface area contributed by atoms with Crippen LogP contribution < -0.4 is 14.8 Å². The van der Waals surface area contributed by atoms with Gasteiger partial charge in [0.05, 0.1) is 6.61 Å². The van der Waals surface area contributed by atoms with Crippen molar-refractivity contribution in [2.45, 2.75) is 32.9 Å². The SMILES string of the molecule is CCOc1cc2c(cc1CNC(=O)c1cccc(Cl)c1)OC(C)C2. The van der Waals surface area contributed by atoms with Crippen molar-refractivity contribution in [2.24, 2.45) is 0 Å². The van der Waals surface area contributed by atoms with E-state index in [1.54, 1.807) is 24.3 Å². The molecule has 1 aliphatic heterocycles. The van der Waals surface area contributed by atoms with Crippen LogP contribution in [0.1, 0.15) is 35.3 Å². The molecule has 0 aromatic heterocycles. The minimum Gasteiger partial charge on any atom is -0.494 e. The highest BCUT2D eigenvalue weighted by molar-refractivity contribution is 6.30. The van der Waals surface area contributed by atoms with Crippen LogP contribution in [0.25, 0.3) is 0 Å². The Morgan fingerprint density at radius 1 is 1.38 bits per heavy atom. The lowest BCUT2D eigenvalue weighted by molar-refractivity contribution is 0.0950. The molecule has 0 saturated carbocycles. The van der Waals surface area contributed by atoms with Gasteiger partial charge in [0.25, 0.3) is 5.91 Å². The second kappa shape index (κ2) is 7.14. The van der Waals surface area contributed by atoms with Gasteiger partial charge in [-0.05, 0) is 44.2 Å². The lowest BCUT2D eigenvalue weighted by Gasteiger charge is -2.13. The molecule has 1 unspecified atom stereocenters. The summed E-state index contributed by atoms with van der Waals surface area (Å²) in [5.41, 5.74) is 2.59. The Labute approximate surface area is 146 Å². The monoisotopic (exact) mass is 345 g/mol. The van der Waals surface area contributed by atoms with Gasteiger partial charge < -0.3 is 14.8 Å². The van der Waals surface area contributed by atoms with Crippen LogP contribution in [-0.2, 0) is 13.0 Å². The fraction of sp³-hybridized carbons (Fsp3) is 0.316. The van der Waals surface area contributed by atoms with E-state index in [1.807, 2.05) is 26.0 Å². The summed E-state index contributed by atoms with van der Waals surface area (Å²) in [6.45, 7) is 4.93. The quantitative estimate of drug-likeness (QED) is 0.891. The first kappa shape index (κ1) is 16.7. The van der Waals surface area contributed by atoms with Crippen LogP contribution in [0, 0.1) is 0 Å². The zero-order valence-electron chi connectivity index (χ0n) is 13.8. The Hall–Kier alpha value is -2.20. The number of hydrogen-bond acceptors (Lipinski definition) is 3. The number of rotatable bonds is 5. The molecule has 1 atom stereocenters. The normalized spacial score (nSPS) is 15.5. The van der Waals surface area contributed by atoms with Gasteiger partial charge in [0.15, 0.2) is 0 Å². The molecule has 1 heterocycles. The third kappa shape index (κ3) is 3.65. The number of benzene rings is 2. The molecule has 0 fully saturated rings. The zero-order valence-corrected chi connectivity index (χ0v) is 14.5. The predicted molar refractivity (Wildman–Crippen MR) is 94.0 cm³/mol. The first-order chi connectivity index (χ1) is 11.6. The second-order valence-corrected chi connectivity index (χ2v) is 6.26. The Morgan fingerprint density at radius 3 is 2.96 bits per heavy atom. The van der Waals surface area contributed by atoms with Crippen molar-refractivity contribution in [1.82, 2.24) is 5.32 Å². The van der Waals surface area contributed by atoms with Crippen LogP contribution >= 0.6 is 11.6 Å². The van der Waals surface area contributed by atoms with Crippen molar-refractivity contribution in [3.05, 3.63) is 58.1 Å². The van der Waals surface area contributed by atoms with E-state index >= 15 is 0 Å². The van der Waals surface area contributed by atoms with Crippen molar-refractivity contribution in [1.29, 1.82) is 0 Å². The number of ether oxygens (including phenoxy) is 2. The largest absolute Gasteiger partial charge is 0.494 e. The van der Waals surface area contributed by atoms with E-state index in [9.17, 15) is 4.79 Å². The molecule has 2 aromatic carbocycles. The molecular weight excluding hydrogens is 326 g/mol. The van der Waals surface area contributed by atoms with E-state index in [0.29, 0.717) is 23.7 Å². The van der Waals surface area contributed by atoms with Gasteiger partial charge in [-0.15, -0.1) is 0 Å². The maximum absolute atomic E-state index is 12.3. The van der Waals surface area contributed by atoms with Gasteiger partial charge in [-0.1, -0.05) is 17.7 Å². The summed E-state index contributed by atoms with van der Waals surface area (Å²) in [4.78, 5) is 12.3. The molecule has 1 aliphatic rings. The fourth-order valence-electron chi connectivity index (χ4n) is 2.82. The summed E-state index contributed by atoms with van der Waals surface area (Å²) >= 11 is 5.93. The number of hydrogen-bond donors (Lipinski definition) is 1. The van der Waals surface area contributed by atoms with Crippen LogP contribution in [0.4, 0.5) is 0 Å². The third-order valence-corrected chi connectivity index (χ3v) is 4.14. The van der Waals surface area contributed by atoms with E-state index < -0.39 is 0 Å². The minimum atomic E-state index is -0.172. The van der Waals surface area contributed by atoms with Gasteiger partial charge in [-0.2, -0.15) is 0 Å². The van der Waals surface area contributed by atoms with Crippen molar-refractivity contribution < 1.29 is 14.3 Å². The molecule has 0 spiro atoms. The Bertz CT molecular complexity index is 760. The third-order valence-electron chi connectivity index (χ3n) is 3.91. The topological polar surface area (TPSA) is 47.6 Å². The van der Waals surface area contributed by atoms with Crippen LogP contribution in [0.3, 0.4) is 0 Å². The van der Waals surface area contributed by atoms with Gasteiger partial charge in [0, 0.05) is 34.7 Å². The summed E-state index contributed by atoms with van der Waals surface area (Å²) in [7, 11) is 0. The molecule has 0 saturated heterocycles. The summed E-state index contributed by atoms with van der Waals surface area (Å²) in [5.74, 6) is 1.49. The standard InChI is InChI=1S/C19H20ClNO3/c1-3-23-17-9-14-7-12(2)24-18(14)10-15(17)11-21-19(22)13-5-4-6-16(20)8-13/h4-6,8-10,12H,3,7,11H2,1-2H3,(H,21,22). The van der Waals surface area contributed by atoms with Crippen molar-refractivity contribution >= 4 is 17.5 Å². The van der Waals surface area contributed by atoms with E-state index in [-0.39, 0.29) is 12.0 Å². The van der Waals surface area contributed by atoms with Crippen LogP contribution in [0.15, 0.2) is 36.4 Å². The van der Waals surface area contributed by atoms with Crippen molar-refractivity contribution in [3.63, 3.8) is 0 Å². The molecule has 0 radical (unpaired) electrons. The van der Waals surface area contributed by atoms with Crippen molar-refractivity contribution in [2.75, 3.05) is 6.61 Å². The van der Waals surface area contributed by atoms with Gasteiger partial charge in [-0.3, -0.25) is 4.79 Å². The molecule has 4 nitrogen and oxygen atoms in total. The van der Waals surface area contributed by atoms with Gasteiger partial charge in [0.1, 0.15) is 17.6 Å². The first-order valence-corrected chi connectivity index (χ1v) is 8.43. The average Bonchev–Trinajstić information content (AvgIpc) is 2.91. The van der Waals surface area contributed by atoms with Crippen LogP contribution in [0.5, 0.6) is 11.5 Å². The van der Waals surface area contributed by atoms with Gasteiger partial charge in [-0.25, -0.2) is 0 Å². The van der Waals surface area contributed by atoms with Crippen LogP contribution in [0.2, 0.25) is 5.02 Å². The van der Waals surface area contributed by atoms with Crippen LogP contribution in [-0.4, -0.2) is 18.6 Å². The molecule has 3 rings (SSSR count). The lowest BCUT2D eigenvalue weighted by Crippen LogP contribution is -2.23. The molecule has 2 aromatic rings. The van der Waals surface area contributed by atoms with E-state index in [0.717, 1.165) is 29.0 Å². The van der Waals surface area contributed by atoms with E-state index in [4.69, 9.17) is 21.1 Å². The maximum atomic E-state index is 12.3. The molecule has 1 N–H and O–H groups in total. The Kier molecular flexibility index (Phi) is 4.95. The van der Waals surface area contributed by atoms with E-state index in [1.165, 1.54) is 0 Å². The smallest absolute Gasteiger partial charge is 0.251 e. The number of fused-ring (bicyclic) bond motifs is 1. The predicted octanol–water partition coefficient (Wildman–Crippen LogP) is 3.99. The molecule has 1 amide bonds. The fourth-order valence-corrected chi connectivity index (χ4v) is 3.01. The summed E-state index contributed by atoms with van der Waals surface area (Å²) < 4.78 is 11.5.